The molecule has 2 aliphatic carbocycles. The minimum absolute atomic E-state index is 0.0825. The zero-order chi connectivity index (χ0) is 12.4. The summed E-state index contributed by atoms with van der Waals surface area (Å²) in [6, 6.07) is 0.203. The fourth-order valence-corrected chi connectivity index (χ4v) is 3.59. The molecule has 0 aromatic carbocycles. The maximum absolute atomic E-state index is 11.6. The maximum atomic E-state index is 11.6. The summed E-state index contributed by atoms with van der Waals surface area (Å²) >= 11 is 3.22. The van der Waals surface area contributed by atoms with E-state index in [0.717, 1.165) is 16.3 Å². The van der Waals surface area contributed by atoms with Crippen LogP contribution in [-0.2, 0) is 0 Å². The monoisotopic (exact) mass is 300 g/mol. The Morgan fingerprint density at radius 3 is 2.76 bits per heavy atom. The molecule has 0 aliphatic heterocycles. The number of fused-ring (bicyclic) bond motifs is 2. The van der Waals surface area contributed by atoms with E-state index in [1.54, 1.807) is 0 Å². The van der Waals surface area contributed by atoms with Crippen LogP contribution in [0.4, 0.5) is 4.79 Å². The number of hydrogen-bond donors (Lipinski definition) is 2. The highest BCUT2D eigenvalue weighted by molar-refractivity contribution is 9.11. The lowest BCUT2D eigenvalue weighted by Gasteiger charge is -2.28. The Morgan fingerprint density at radius 1 is 1.47 bits per heavy atom. The van der Waals surface area contributed by atoms with Crippen LogP contribution in [0.5, 0.6) is 0 Å². The number of carbonyl (C=O) groups excluding carboxylic acids is 1. The van der Waals surface area contributed by atoms with Crippen LogP contribution in [-0.4, -0.2) is 18.6 Å². The number of urea groups is 1. The SMILES string of the molecule is C=C(Br)CNC(=O)N[C@H](C)[C@H]1C[C@H]2CC[C@H]1C2. The second-order valence-electron chi connectivity index (χ2n) is 5.47. The van der Waals surface area contributed by atoms with Crippen molar-refractivity contribution in [3.63, 3.8) is 0 Å². The van der Waals surface area contributed by atoms with Crippen molar-refractivity contribution in [3.8, 4) is 0 Å². The van der Waals surface area contributed by atoms with Crippen LogP contribution in [0.2, 0.25) is 0 Å². The van der Waals surface area contributed by atoms with Gasteiger partial charge in [-0.1, -0.05) is 28.9 Å². The number of carbonyl (C=O) groups is 1. The van der Waals surface area contributed by atoms with E-state index < -0.39 is 0 Å². The van der Waals surface area contributed by atoms with Crippen LogP contribution >= 0.6 is 15.9 Å². The molecule has 4 heteroatoms. The summed E-state index contributed by atoms with van der Waals surface area (Å²) < 4.78 is 0.792. The van der Waals surface area contributed by atoms with E-state index in [4.69, 9.17) is 0 Å². The van der Waals surface area contributed by atoms with Crippen LogP contribution < -0.4 is 10.6 Å². The van der Waals surface area contributed by atoms with Crippen molar-refractivity contribution < 1.29 is 4.79 Å². The highest BCUT2D eigenvalue weighted by Gasteiger charge is 2.42. The Morgan fingerprint density at radius 2 is 2.24 bits per heavy atom. The van der Waals surface area contributed by atoms with Gasteiger partial charge in [0.2, 0.25) is 0 Å². The Labute approximate surface area is 112 Å². The van der Waals surface area contributed by atoms with E-state index in [1.165, 1.54) is 25.7 Å². The van der Waals surface area contributed by atoms with Gasteiger partial charge >= 0.3 is 6.03 Å². The van der Waals surface area contributed by atoms with Gasteiger partial charge < -0.3 is 10.6 Å². The first kappa shape index (κ1) is 12.9. The van der Waals surface area contributed by atoms with Crippen LogP contribution in [0.3, 0.4) is 0 Å². The highest BCUT2D eigenvalue weighted by Crippen LogP contribution is 2.49. The predicted octanol–water partition coefficient (Wildman–Crippen LogP) is 3.02. The first-order valence-corrected chi connectivity index (χ1v) is 7.23. The van der Waals surface area contributed by atoms with Gasteiger partial charge in [0.25, 0.3) is 0 Å². The largest absolute Gasteiger partial charge is 0.335 e. The van der Waals surface area contributed by atoms with Crippen molar-refractivity contribution in [2.45, 2.75) is 38.6 Å². The molecular formula is C13H21BrN2O. The van der Waals surface area contributed by atoms with E-state index in [-0.39, 0.29) is 12.1 Å². The zero-order valence-corrected chi connectivity index (χ0v) is 11.9. The molecule has 17 heavy (non-hydrogen) atoms. The van der Waals surface area contributed by atoms with Gasteiger partial charge in [-0.15, -0.1) is 0 Å². The smallest absolute Gasteiger partial charge is 0.315 e. The molecule has 2 saturated carbocycles. The molecule has 2 rings (SSSR count). The molecule has 2 amide bonds. The maximum Gasteiger partial charge on any atom is 0.315 e. The van der Waals surface area contributed by atoms with Crippen molar-refractivity contribution in [3.05, 3.63) is 11.1 Å². The van der Waals surface area contributed by atoms with Crippen molar-refractivity contribution in [2.75, 3.05) is 6.54 Å². The molecule has 2 bridgehead atoms. The summed E-state index contributed by atoms with van der Waals surface area (Å²) in [4.78, 5) is 11.6. The molecule has 3 nitrogen and oxygen atoms in total. The van der Waals surface area contributed by atoms with Crippen LogP contribution in [0.25, 0.3) is 0 Å². The molecule has 4 atom stereocenters. The van der Waals surface area contributed by atoms with Crippen molar-refractivity contribution in [2.24, 2.45) is 17.8 Å². The fraction of sp³-hybridized carbons (Fsp3) is 0.769. The third-order valence-electron chi connectivity index (χ3n) is 4.23. The van der Waals surface area contributed by atoms with Crippen molar-refractivity contribution in [1.29, 1.82) is 0 Å². The predicted molar refractivity (Wildman–Crippen MR) is 73.0 cm³/mol. The quantitative estimate of drug-likeness (QED) is 0.823. The number of hydrogen-bond acceptors (Lipinski definition) is 1. The first-order valence-electron chi connectivity index (χ1n) is 6.44. The van der Waals surface area contributed by atoms with Gasteiger partial charge in [0.15, 0.2) is 0 Å². The van der Waals surface area contributed by atoms with Crippen molar-refractivity contribution >= 4 is 22.0 Å². The lowest BCUT2D eigenvalue weighted by Crippen LogP contribution is -2.45. The molecule has 96 valence electrons. The standard InChI is InChI=1S/C13H21BrN2O/c1-8(14)7-15-13(17)16-9(2)12-6-10-3-4-11(12)5-10/h9-12H,1,3-7H2,2H3,(H2,15,16,17)/t9-,10+,11+,12-/m1/s1. The lowest BCUT2D eigenvalue weighted by molar-refractivity contribution is 0.221. The summed E-state index contributed by atoms with van der Waals surface area (Å²) in [5.41, 5.74) is 0. The lowest BCUT2D eigenvalue weighted by atomic mass is 9.84. The third kappa shape index (κ3) is 3.24. The third-order valence-corrected chi connectivity index (χ3v) is 4.51. The summed E-state index contributed by atoms with van der Waals surface area (Å²) in [5.74, 6) is 2.47. The number of amides is 2. The van der Waals surface area contributed by atoms with Gasteiger partial charge in [0.1, 0.15) is 0 Å². The molecule has 0 spiro atoms. The molecule has 2 fully saturated rings. The van der Waals surface area contributed by atoms with Crippen LogP contribution in [0, 0.1) is 17.8 Å². The topological polar surface area (TPSA) is 41.1 Å². The van der Waals surface area contributed by atoms with Gasteiger partial charge in [-0.05, 0) is 43.9 Å². The van der Waals surface area contributed by atoms with E-state index >= 15 is 0 Å². The summed E-state index contributed by atoms with van der Waals surface area (Å²) in [5, 5.41) is 5.83. The van der Waals surface area contributed by atoms with Gasteiger partial charge in [0, 0.05) is 10.5 Å². The van der Waals surface area contributed by atoms with Crippen molar-refractivity contribution in [1.82, 2.24) is 10.6 Å². The average molecular weight is 301 g/mol. The summed E-state index contributed by atoms with van der Waals surface area (Å²) in [6.07, 6.45) is 5.46. The van der Waals surface area contributed by atoms with Crippen LogP contribution in [0.15, 0.2) is 11.1 Å². The molecule has 0 aromatic heterocycles. The minimum atomic E-state index is -0.0825. The van der Waals surface area contributed by atoms with Gasteiger partial charge in [-0.25, -0.2) is 4.79 Å². The van der Waals surface area contributed by atoms with Gasteiger partial charge in [0.05, 0.1) is 6.54 Å². The summed E-state index contributed by atoms with van der Waals surface area (Å²) in [7, 11) is 0. The Hall–Kier alpha value is -0.510. The van der Waals surface area contributed by atoms with Gasteiger partial charge in [-0.2, -0.15) is 0 Å². The van der Waals surface area contributed by atoms with E-state index in [1.807, 2.05) is 0 Å². The highest BCUT2D eigenvalue weighted by atomic mass is 79.9. The Balaban J connectivity index is 1.75. The number of halogens is 1. The minimum Gasteiger partial charge on any atom is -0.335 e. The fourth-order valence-electron chi connectivity index (χ4n) is 3.45. The molecular weight excluding hydrogens is 280 g/mol. The normalized spacial score (nSPS) is 32.2. The molecule has 0 heterocycles. The van der Waals surface area contributed by atoms with E-state index in [2.05, 4.69) is 40.1 Å². The zero-order valence-electron chi connectivity index (χ0n) is 10.3. The second-order valence-corrected chi connectivity index (χ2v) is 6.59. The Kier molecular flexibility index (Phi) is 4.13. The molecule has 0 aromatic rings. The average Bonchev–Trinajstić information content (AvgIpc) is 2.87. The van der Waals surface area contributed by atoms with E-state index in [9.17, 15) is 4.79 Å². The van der Waals surface area contributed by atoms with Gasteiger partial charge in [-0.3, -0.25) is 0 Å². The van der Waals surface area contributed by atoms with Crippen LogP contribution in [0.1, 0.15) is 32.6 Å². The van der Waals surface area contributed by atoms with E-state index in [0.29, 0.717) is 12.5 Å². The molecule has 0 saturated heterocycles. The first-order chi connectivity index (χ1) is 8.06. The number of rotatable bonds is 4. The molecule has 2 N–H and O–H groups in total. The summed E-state index contributed by atoms with van der Waals surface area (Å²) in [6.45, 7) is 6.30. The second kappa shape index (κ2) is 5.42. The molecule has 0 radical (unpaired) electrons. The molecule has 2 aliphatic rings. The number of nitrogens with one attached hydrogen (secondary N) is 2. The Bertz CT molecular complexity index is 319. The molecule has 0 unspecified atom stereocenters.